The normalized spacial score (nSPS) is 36.2. The van der Waals surface area contributed by atoms with Gasteiger partial charge in [0.05, 0.1) is 12.2 Å². The van der Waals surface area contributed by atoms with E-state index in [1.165, 1.54) is 0 Å². The first-order chi connectivity index (χ1) is 6.05. The van der Waals surface area contributed by atoms with E-state index in [9.17, 15) is 0 Å². The third-order valence-electron chi connectivity index (χ3n) is 2.93. The van der Waals surface area contributed by atoms with Gasteiger partial charge < -0.3 is 10.1 Å². The average Bonchev–Trinajstić information content (AvgIpc) is 2.01. The van der Waals surface area contributed by atoms with Gasteiger partial charge in [0.15, 0.2) is 0 Å². The smallest absolute Gasteiger partial charge is 0.0831 e. The Bertz CT molecular complexity index is 176. The Morgan fingerprint density at radius 2 is 1.69 bits per heavy atom. The summed E-state index contributed by atoms with van der Waals surface area (Å²) in [6.45, 7) is 11.0. The molecule has 0 aromatic heterocycles. The summed E-state index contributed by atoms with van der Waals surface area (Å²) in [6, 6.07) is 0. The quantitative estimate of drug-likeness (QED) is 0.592. The van der Waals surface area contributed by atoms with Crippen molar-refractivity contribution in [1.82, 2.24) is 10.2 Å². The van der Waals surface area contributed by atoms with Gasteiger partial charge in [-0.05, 0) is 20.8 Å². The molecule has 0 spiro atoms. The lowest BCUT2D eigenvalue weighted by Gasteiger charge is -2.47. The van der Waals surface area contributed by atoms with Crippen molar-refractivity contribution >= 4 is 0 Å². The third kappa shape index (κ3) is 2.03. The molecule has 3 nitrogen and oxygen atoms in total. The molecular formula is C10H20N2O. The van der Waals surface area contributed by atoms with Crippen molar-refractivity contribution in [2.24, 2.45) is 0 Å². The second-order valence-corrected chi connectivity index (χ2v) is 5.11. The van der Waals surface area contributed by atoms with Crippen LogP contribution in [0.15, 0.2) is 0 Å². The maximum atomic E-state index is 5.84. The van der Waals surface area contributed by atoms with Crippen molar-refractivity contribution in [1.29, 1.82) is 0 Å². The molecule has 0 amide bonds. The molecule has 0 aromatic carbocycles. The molecule has 2 fully saturated rings. The molecule has 2 unspecified atom stereocenters. The van der Waals surface area contributed by atoms with Crippen molar-refractivity contribution in [2.75, 3.05) is 26.2 Å². The topological polar surface area (TPSA) is 24.5 Å². The highest BCUT2D eigenvalue weighted by atomic mass is 16.5. The molecule has 3 heteroatoms. The zero-order valence-electron chi connectivity index (χ0n) is 8.84. The van der Waals surface area contributed by atoms with Gasteiger partial charge in [0.2, 0.25) is 0 Å². The zero-order valence-corrected chi connectivity index (χ0v) is 8.84. The molecule has 2 aliphatic heterocycles. The minimum atomic E-state index is 0.289. The van der Waals surface area contributed by atoms with Gasteiger partial charge in [-0.3, -0.25) is 4.90 Å². The molecule has 2 saturated heterocycles. The fourth-order valence-electron chi connectivity index (χ4n) is 2.10. The van der Waals surface area contributed by atoms with Crippen molar-refractivity contribution in [3.63, 3.8) is 0 Å². The van der Waals surface area contributed by atoms with Crippen LogP contribution in [0.25, 0.3) is 0 Å². The van der Waals surface area contributed by atoms with E-state index in [2.05, 4.69) is 31.0 Å². The monoisotopic (exact) mass is 184 g/mol. The van der Waals surface area contributed by atoms with E-state index in [1.807, 2.05) is 0 Å². The number of morpholine rings is 2. The number of hydrogen-bond donors (Lipinski definition) is 1. The van der Waals surface area contributed by atoms with Crippen LogP contribution < -0.4 is 5.32 Å². The van der Waals surface area contributed by atoms with Crippen LogP contribution in [0.5, 0.6) is 0 Å². The minimum absolute atomic E-state index is 0.289. The number of fused-ring (bicyclic) bond motifs is 2. The highest BCUT2D eigenvalue weighted by Crippen LogP contribution is 2.21. The third-order valence-corrected chi connectivity index (χ3v) is 2.93. The lowest BCUT2D eigenvalue weighted by atomic mass is 10.0. The molecule has 2 heterocycles. The molecule has 2 atom stereocenters. The van der Waals surface area contributed by atoms with Crippen LogP contribution in [0.4, 0.5) is 0 Å². The van der Waals surface area contributed by atoms with Crippen LogP contribution in [0.1, 0.15) is 20.8 Å². The summed E-state index contributed by atoms with van der Waals surface area (Å²) in [6.07, 6.45) is 0.818. The van der Waals surface area contributed by atoms with Gasteiger partial charge >= 0.3 is 0 Å². The second-order valence-electron chi connectivity index (χ2n) is 5.11. The lowest BCUT2D eigenvalue weighted by Crippen LogP contribution is -2.62. The summed E-state index contributed by atoms with van der Waals surface area (Å²) in [5.74, 6) is 0. The molecule has 0 aromatic rings. The van der Waals surface area contributed by atoms with E-state index >= 15 is 0 Å². The van der Waals surface area contributed by atoms with Gasteiger partial charge in [-0.2, -0.15) is 0 Å². The Hall–Kier alpha value is -0.120. The fraction of sp³-hybridized carbons (Fsp3) is 1.00. The van der Waals surface area contributed by atoms with Gasteiger partial charge in [-0.1, -0.05) is 0 Å². The molecule has 0 radical (unpaired) electrons. The minimum Gasteiger partial charge on any atom is -0.370 e. The summed E-state index contributed by atoms with van der Waals surface area (Å²) in [5.41, 5.74) is 0.289. The number of ether oxygens (including phenoxy) is 1. The average molecular weight is 184 g/mol. The molecule has 76 valence electrons. The van der Waals surface area contributed by atoms with E-state index in [0.29, 0.717) is 12.2 Å². The highest BCUT2D eigenvalue weighted by Gasteiger charge is 2.35. The second kappa shape index (κ2) is 3.23. The van der Waals surface area contributed by atoms with Crippen LogP contribution >= 0.6 is 0 Å². The molecule has 1 N–H and O–H groups in total. The van der Waals surface area contributed by atoms with Crippen LogP contribution in [0.3, 0.4) is 0 Å². The molecule has 0 saturated carbocycles. The Balaban J connectivity index is 2.01. The van der Waals surface area contributed by atoms with E-state index in [0.717, 1.165) is 26.2 Å². The van der Waals surface area contributed by atoms with Crippen molar-refractivity contribution in [3.8, 4) is 0 Å². The summed E-state index contributed by atoms with van der Waals surface area (Å²) in [4.78, 5) is 2.53. The SMILES string of the molecule is CC(C)(C)N1CC2CNCC(C1)O2. The number of rotatable bonds is 0. The predicted molar refractivity (Wildman–Crippen MR) is 52.9 cm³/mol. The van der Waals surface area contributed by atoms with Gasteiger partial charge in [-0.15, -0.1) is 0 Å². The summed E-state index contributed by atoms with van der Waals surface area (Å²) < 4.78 is 5.84. The van der Waals surface area contributed by atoms with E-state index in [1.54, 1.807) is 0 Å². The summed E-state index contributed by atoms with van der Waals surface area (Å²) in [5, 5.41) is 3.41. The highest BCUT2D eigenvalue weighted by molar-refractivity contribution is 4.89. The van der Waals surface area contributed by atoms with Crippen LogP contribution in [-0.2, 0) is 4.74 Å². The molecule has 13 heavy (non-hydrogen) atoms. The maximum Gasteiger partial charge on any atom is 0.0831 e. The molecule has 0 aliphatic carbocycles. The molecule has 2 bridgehead atoms. The first-order valence-electron chi connectivity index (χ1n) is 5.17. The standard InChI is InChI=1S/C10H20N2O/c1-10(2,3)12-6-8-4-11-5-9(7-12)13-8/h8-9,11H,4-7H2,1-3H3. The first kappa shape index (κ1) is 9.44. The Morgan fingerprint density at radius 1 is 1.15 bits per heavy atom. The summed E-state index contributed by atoms with van der Waals surface area (Å²) in [7, 11) is 0. The largest absolute Gasteiger partial charge is 0.370 e. The Morgan fingerprint density at radius 3 is 2.15 bits per heavy atom. The van der Waals surface area contributed by atoms with E-state index in [4.69, 9.17) is 4.74 Å². The maximum absolute atomic E-state index is 5.84. The zero-order chi connectivity index (χ0) is 9.47. The van der Waals surface area contributed by atoms with Crippen LogP contribution in [0.2, 0.25) is 0 Å². The van der Waals surface area contributed by atoms with Gasteiger partial charge in [0.25, 0.3) is 0 Å². The van der Waals surface area contributed by atoms with Crippen LogP contribution in [-0.4, -0.2) is 48.8 Å². The lowest BCUT2D eigenvalue weighted by molar-refractivity contribution is -0.122. The molecular weight excluding hydrogens is 164 g/mol. The fourth-order valence-corrected chi connectivity index (χ4v) is 2.10. The van der Waals surface area contributed by atoms with Crippen molar-refractivity contribution in [2.45, 2.75) is 38.5 Å². The summed E-state index contributed by atoms with van der Waals surface area (Å²) >= 11 is 0. The first-order valence-corrected chi connectivity index (χ1v) is 5.17. The van der Waals surface area contributed by atoms with E-state index in [-0.39, 0.29) is 5.54 Å². The molecule has 2 rings (SSSR count). The number of nitrogens with zero attached hydrogens (tertiary/aromatic N) is 1. The Kier molecular flexibility index (Phi) is 2.34. The van der Waals surface area contributed by atoms with Gasteiger partial charge in [0, 0.05) is 31.7 Å². The number of nitrogens with one attached hydrogen (secondary N) is 1. The van der Waals surface area contributed by atoms with Gasteiger partial charge in [0.1, 0.15) is 0 Å². The van der Waals surface area contributed by atoms with E-state index < -0.39 is 0 Å². The van der Waals surface area contributed by atoms with Crippen molar-refractivity contribution in [3.05, 3.63) is 0 Å². The molecule has 2 aliphatic rings. The number of hydrogen-bond acceptors (Lipinski definition) is 3. The van der Waals surface area contributed by atoms with Crippen molar-refractivity contribution < 1.29 is 4.74 Å². The predicted octanol–water partition coefficient (Wildman–Crippen LogP) is 0.457. The van der Waals surface area contributed by atoms with Gasteiger partial charge in [-0.25, -0.2) is 0 Å². The van der Waals surface area contributed by atoms with Crippen LogP contribution in [0, 0.1) is 0 Å². The Labute approximate surface area is 80.4 Å².